The Bertz CT molecular complexity index is 1070. The van der Waals surface area contributed by atoms with Crippen molar-refractivity contribution in [1.82, 2.24) is 0 Å². The Morgan fingerprint density at radius 2 is 1.44 bits per heavy atom. The van der Waals surface area contributed by atoms with Gasteiger partial charge in [-0.3, -0.25) is 4.79 Å². The van der Waals surface area contributed by atoms with Gasteiger partial charge in [-0.2, -0.15) is 0 Å². The Morgan fingerprint density at radius 3 is 2.04 bits per heavy atom. The van der Waals surface area contributed by atoms with Gasteiger partial charge in [-0.05, 0) is 6.07 Å². The van der Waals surface area contributed by atoms with Crippen LogP contribution in [0.5, 0.6) is 34.5 Å². The second-order valence-corrected chi connectivity index (χ2v) is 5.54. The van der Waals surface area contributed by atoms with Gasteiger partial charge in [0.2, 0.25) is 5.75 Å². The van der Waals surface area contributed by atoms with E-state index in [1.807, 2.05) is 0 Å². The van der Waals surface area contributed by atoms with Gasteiger partial charge >= 0.3 is 0 Å². The zero-order chi connectivity index (χ0) is 19.7. The summed E-state index contributed by atoms with van der Waals surface area (Å²) in [7, 11) is 5.60. The Hall–Kier alpha value is -3.55. The van der Waals surface area contributed by atoms with Crippen molar-refractivity contribution in [2.75, 3.05) is 28.4 Å². The van der Waals surface area contributed by atoms with Crippen LogP contribution in [0.2, 0.25) is 0 Å². The zero-order valence-electron chi connectivity index (χ0n) is 15.2. The van der Waals surface area contributed by atoms with E-state index in [1.165, 1.54) is 52.7 Å². The van der Waals surface area contributed by atoms with Gasteiger partial charge in [-0.15, -0.1) is 0 Å². The third kappa shape index (κ3) is 2.95. The lowest BCUT2D eigenvalue weighted by Crippen LogP contribution is -2.03. The van der Waals surface area contributed by atoms with Gasteiger partial charge in [0.15, 0.2) is 28.4 Å². The molecule has 0 atom stereocenters. The van der Waals surface area contributed by atoms with Crippen molar-refractivity contribution in [1.29, 1.82) is 0 Å². The molecule has 0 saturated heterocycles. The fourth-order valence-electron chi connectivity index (χ4n) is 2.88. The molecule has 8 heteroatoms. The summed E-state index contributed by atoms with van der Waals surface area (Å²) in [4.78, 5) is 12.6. The van der Waals surface area contributed by atoms with E-state index in [0.717, 1.165) is 0 Å². The zero-order valence-corrected chi connectivity index (χ0v) is 15.2. The van der Waals surface area contributed by atoms with Crippen molar-refractivity contribution >= 4 is 11.0 Å². The third-order valence-corrected chi connectivity index (χ3v) is 4.07. The van der Waals surface area contributed by atoms with Gasteiger partial charge < -0.3 is 33.6 Å². The minimum Gasteiger partial charge on any atom is -0.508 e. The molecule has 0 saturated carbocycles. The van der Waals surface area contributed by atoms with Crippen LogP contribution < -0.4 is 24.4 Å². The topological polar surface area (TPSA) is 108 Å². The standard InChI is InChI=1S/C19H18O8/c1-23-14-6-9(20)5-10(18(14)25-3)12-7-11(21)16-13(27-12)8-15(24-2)19(26-4)17(16)22/h5-8,20,22H,1-4H3. The van der Waals surface area contributed by atoms with Gasteiger partial charge in [-0.25, -0.2) is 0 Å². The molecule has 0 fully saturated rings. The fourth-order valence-corrected chi connectivity index (χ4v) is 2.88. The molecule has 8 nitrogen and oxygen atoms in total. The van der Waals surface area contributed by atoms with E-state index in [-0.39, 0.29) is 51.2 Å². The lowest BCUT2D eigenvalue weighted by molar-refractivity contribution is 0.334. The second-order valence-electron chi connectivity index (χ2n) is 5.54. The van der Waals surface area contributed by atoms with Crippen LogP contribution in [0.1, 0.15) is 0 Å². The maximum absolute atomic E-state index is 12.6. The van der Waals surface area contributed by atoms with Gasteiger partial charge in [0, 0.05) is 18.2 Å². The third-order valence-electron chi connectivity index (χ3n) is 4.07. The van der Waals surface area contributed by atoms with Crippen LogP contribution >= 0.6 is 0 Å². The van der Waals surface area contributed by atoms with Crippen LogP contribution in [-0.2, 0) is 0 Å². The number of aromatic hydroxyl groups is 2. The molecule has 27 heavy (non-hydrogen) atoms. The Kier molecular flexibility index (Phi) is 4.72. The number of ether oxygens (including phenoxy) is 4. The molecule has 142 valence electrons. The number of benzene rings is 2. The van der Waals surface area contributed by atoms with E-state index in [1.54, 1.807) is 0 Å². The number of hydrogen-bond donors (Lipinski definition) is 2. The fraction of sp³-hybridized carbons (Fsp3) is 0.211. The molecule has 0 radical (unpaired) electrons. The van der Waals surface area contributed by atoms with E-state index < -0.39 is 5.43 Å². The highest BCUT2D eigenvalue weighted by molar-refractivity contribution is 5.90. The van der Waals surface area contributed by atoms with E-state index in [0.29, 0.717) is 5.56 Å². The maximum Gasteiger partial charge on any atom is 0.204 e. The van der Waals surface area contributed by atoms with Crippen molar-refractivity contribution in [3.8, 4) is 45.8 Å². The van der Waals surface area contributed by atoms with E-state index >= 15 is 0 Å². The van der Waals surface area contributed by atoms with Crippen molar-refractivity contribution in [2.45, 2.75) is 0 Å². The SMILES string of the molecule is COc1cc(O)cc(-c2cc(=O)c3c(O)c(OC)c(OC)cc3o2)c1OC. The van der Waals surface area contributed by atoms with Gasteiger partial charge in [0.25, 0.3) is 0 Å². The van der Waals surface area contributed by atoms with Crippen molar-refractivity contribution in [3.63, 3.8) is 0 Å². The second kappa shape index (κ2) is 6.99. The Balaban J connectivity index is 2.36. The molecule has 0 aliphatic heterocycles. The molecular formula is C19H18O8. The summed E-state index contributed by atoms with van der Waals surface area (Å²) in [5.41, 5.74) is -0.117. The first-order valence-electron chi connectivity index (χ1n) is 7.82. The molecule has 0 aliphatic rings. The van der Waals surface area contributed by atoms with Crippen LogP contribution in [0.3, 0.4) is 0 Å². The van der Waals surface area contributed by atoms with Crippen LogP contribution in [-0.4, -0.2) is 38.7 Å². The number of hydrogen-bond acceptors (Lipinski definition) is 8. The summed E-state index contributed by atoms with van der Waals surface area (Å²) in [5, 5.41) is 20.3. The monoisotopic (exact) mass is 374 g/mol. The molecule has 3 aromatic rings. The van der Waals surface area contributed by atoms with Crippen LogP contribution in [0.4, 0.5) is 0 Å². The summed E-state index contributed by atoms with van der Waals surface area (Å²) in [6.07, 6.45) is 0. The number of rotatable bonds is 5. The average molecular weight is 374 g/mol. The van der Waals surface area contributed by atoms with Crippen molar-refractivity contribution in [3.05, 3.63) is 34.5 Å². The van der Waals surface area contributed by atoms with Crippen molar-refractivity contribution < 1.29 is 33.6 Å². The largest absolute Gasteiger partial charge is 0.508 e. The average Bonchev–Trinajstić information content (AvgIpc) is 2.66. The molecule has 3 rings (SSSR count). The number of fused-ring (bicyclic) bond motifs is 1. The molecule has 2 N–H and O–H groups in total. The Labute approximate surface area is 154 Å². The maximum atomic E-state index is 12.6. The van der Waals surface area contributed by atoms with E-state index in [4.69, 9.17) is 23.4 Å². The smallest absolute Gasteiger partial charge is 0.204 e. The van der Waals surface area contributed by atoms with Gasteiger partial charge in [0.1, 0.15) is 22.5 Å². The lowest BCUT2D eigenvalue weighted by atomic mass is 10.1. The summed E-state index contributed by atoms with van der Waals surface area (Å²) < 4.78 is 26.6. The molecule has 0 spiro atoms. The van der Waals surface area contributed by atoms with E-state index in [9.17, 15) is 15.0 Å². The highest BCUT2D eigenvalue weighted by Crippen LogP contribution is 2.44. The quantitative estimate of drug-likeness (QED) is 0.702. The summed E-state index contributed by atoms with van der Waals surface area (Å²) in [6.45, 7) is 0. The minimum atomic E-state index is -0.505. The first kappa shape index (κ1) is 18.2. The highest BCUT2D eigenvalue weighted by atomic mass is 16.5. The normalized spacial score (nSPS) is 10.7. The van der Waals surface area contributed by atoms with E-state index in [2.05, 4.69) is 0 Å². The van der Waals surface area contributed by atoms with Crippen LogP contribution in [0.25, 0.3) is 22.3 Å². The Morgan fingerprint density at radius 1 is 0.815 bits per heavy atom. The predicted molar refractivity (Wildman–Crippen MR) is 97.5 cm³/mol. The number of phenolic OH excluding ortho intramolecular Hbond substituents is 2. The molecule has 0 amide bonds. The summed E-state index contributed by atoms with van der Waals surface area (Å²) in [6, 6.07) is 5.38. The predicted octanol–water partition coefficient (Wildman–Crippen LogP) is 2.91. The molecule has 1 aromatic heterocycles. The lowest BCUT2D eigenvalue weighted by Gasteiger charge is -2.14. The highest BCUT2D eigenvalue weighted by Gasteiger charge is 2.22. The number of phenols is 2. The molecule has 0 bridgehead atoms. The van der Waals surface area contributed by atoms with Gasteiger partial charge in [-0.1, -0.05) is 0 Å². The first-order chi connectivity index (χ1) is 12.9. The van der Waals surface area contributed by atoms with Gasteiger partial charge in [0.05, 0.1) is 34.0 Å². The molecular weight excluding hydrogens is 356 g/mol. The molecule has 1 heterocycles. The van der Waals surface area contributed by atoms with Crippen LogP contribution in [0.15, 0.2) is 33.5 Å². The minimum absolute atomic E-state index is 0.0293. The molecule has 0 unspecified atom stereocenters. The first-order valence-corrected chi connectivity index (χ1v) is 7.82. The molecule has 0 aliphatic carbocycles. The van der Waals surface area contributed by atoms with Crippen molar-refractivity contribution in [2.24, 2.45) is 0 Å². The summed E-state index contributed by atoms with van der Waals surface area (Å²) in [5.74, 6) is 0.413. The molecule has 2 aromatic carbocycles. The summed E-state index contributed by atoms with van der Waals surface area (Å²) >= 11 is 0. The van der Waals surface area contributed by atoms with Crippen LogP contribution in [0, 0.1) is 0 Å². The number of methoxy groups -OCH3 is 4.